The molecular weight excluding hydrogens is 1230 g/mol. The molecule has 1 aromatic heterocycles. The van der Waals surface area contributed by atoms with Crippen molar-refractivity contribution in [3.8, 4) is 46.0 Å². The highest BCUT2D eigenvalue weighted by Gasteiger charge is 2.13. The van der Waals surface area contributed by atoms with E-state index in [2.05, 4.69) is 56.1 Å². The van der Waals surface area contributed by atoms with Gasteiger partial charge in [0.2, 0.25) is 0 Å². The SMILES string of the molecule is c1ccc2c(c1)OCCOCCOCCOc1ccc(C[NH2+]CCCCCCCCCCCCn3cc(CCCCCCCCCCC[NH2+]Cc4ccc5c(c4)OCCOCCOCCOc4ccccc4OCCOCCOCCO5)nn3)cc1OCCOCCOCCO2. The summed E-state index contributed by atoms with van der Waals surface area (Å²) in [6.07, 6.45) is 27.6. The van der Waals surface area contributed by atoms with Gasteiger partial charge in [0.1, 0.15) is 65.9 Å². The first kappa shape index (κ1) is 77.4. The van der Waals surface area contributed by atoms with Gasteiger partial charge in [0.05, 0.1) is 124 Å². The third-order valence-electron chi connectivity index (χ3n) is 16.3. The van der Waals surface area contributed by atoms with Crippen LogP contribution in [0.1, 0.15) is 139 Å². The minimum atomic E-state index is 0.406. The molecule has 96 heavy (non-hydrogen) atoms. The summed E-state index contributed by atoms with van der Waals surface area (Å²) in [6.45, 7) is 15.6. The van der Waals surface area contributed by atoms with Gasteiger partial charge in [-0.2, -0.15) is 0 Å². The molecule has 0 saturated carbocycles. The van der Waals surface area contributed by atoms with Crippen LogP contribution in [-0.2, 0) is 63.9 Å². The first-order valence-corrected chi connectivity index (χ1v) is 36.4. The number of rotatable bonds is 29. The molecule has 4 aromatic carbocycles. The van der Waals surface area contributed by atoms with Crippen molar-refractivity contribution in [3.63, 3.8) is 0 Å². The van der Waals surface area contributed by atoms with Crippen LogP contribution in [0.15, 0.2) is 91.1 Å². The normalized spacial score (nSPS) is 16.4. The average molecular weight is 1340 g/mol. The summed E-state index contributed by atoms with van der Waals surface area (Å²) in [5.41, 5.74) is 3.55. The second kappa shape index (κ2) is 53.1. The lowest BCUT2D eigenvalue weighted by molar-refractivity contribution is -0.671. The number of para-hydroxylation sites is 4. The van der Waals surface area contributed by atoms with Crippen LogP contribution in [0, 0.1) is 0 Å². The number of fused-ring (bicyclic) bond motifs is 4. The van der Waals surface area contributed by atoms with Gasteiger partial charge in [0.25, 0.3) is 0 Å². The number of hydrogen-bond acceptors (Lipinski definition) is 18. The van der Waals surface area contributed by atoms with Gasteiger partial charge >= 0.3 is 0 Å². The molecule has 0 spiro atoms. The number of nitrogens with zero attached hydrogens (tertiary/aromatic N) is 3. The minimum Gasteiger partial charge on any atom is -0.487 e. The van der Waals surface area contributed by atoms with Crippen molar-refractivity contribution >= 4 is 0 Å². The lowest BCUT2D eigenvalue weighted by Crippen LogP contribution is -2.82. The molecule has 2 aliphatic heterocycles. The van der Waals surface area contributed by atoms with Crippen LogP contribution in [0.2, 0.25) is 0 Å². The van der Waals surface area contributed by atoms with E-state index < -0.39 is 0 Å². The van der Waals surface area contributed by atoms with Gasteiger partial charge in [0, 0.05) is 23.9 Å². The van der Waals surface area contributed by atoms with E-state index in [1.165, 1.54) is 133 Å². The van der Waals surface area contributed by atoms with Gasteiger partial charge in [-0.05, 0) is 106 Å². The molecule has 0 bridgehead atoms. The first-order chi connectivity index (χ1) is 47.8. The van der Waals surface area contributed by atoms with Crippen LogP contribution >= 0.6 is 0 Å². The fraction of sp³-hybridized carbons (Fsp3) is 0.653. The van der Waals surface area contributed by atoms with E-state index >= 15 is 0 Å². The van der Waals surface area contributed by atoms with Crippen LogP contribution < -0.4 is 48.5 Å². The predicted molar refractivity (Wildman–Crippen MR) is 369 cm³/mol. The molecule has 0 aliphatic carbocycles. The molecule has 0 atom stereocenters. The Bertz CT molecular complexity index is 2690. The van der Waals surface area contributed by atoms with Crippen molar-refractivity contribution in [2.75, 3.05) is 172 Å². The predicted octanol–water partition coefficient (Wildman–Crippen LogP) is 10.4. The van der Waals surface area contributed by atoms with Crippen LogP contribution in [-0.4, -0.2) is 187 Å². The number of aryl methyl sites for hydroxylation is 2. The van der Waals surface area contributed by atoms with Gasteiger partial charge in [-0.1, -0.05) is 113 Å². The van der Waals surface area contributed by atoms with Gasteiger partial charge in [-0.25, -0.2) is 0 Å². The van der Waals surface area contributed by atoms with E-state index in [1.54, 1.807) is 0 Å². The fourth-order valence-electron chi connectivity index (χ4n) is 11.1. The number of quaternary nitrogens is 2. The summed E-state index contributed by atoms with van der Waals surface area (Å²) in [5, 5.41) is 13.7. The smallest absolute Gasteiger partial charge is 0.161 e. The van der Waals surface area contributed by atoms with Crippen molar-refractivity contribution in [3.05, 3.63) is 108 Å². The van der Waals surface area contributed by atoms with Crippen molar-refractivity contribution < 1.29 is 86.4 Å². The Hall–Kier alpha value is -5.98. The largest absolute Gasteiger partial charge is 0.487 e. The molecule has 5 aromatic rings. The minimum absolute atomic E-state index is 0.406. The molecule has 3 heterocycles. The number of ether oxygens (including phenoxy) is 16. The molecular formula is C75H117N5O16+2. The summed E-state index contributed by atoms with van der Waals surface area (Å²) < 4.78 is 96.2. The highest BCUT2D eigenvalue weighted by molar-refractivity contribution is 5.44. The van der Waals surface area contributed by atoms with E-state index in [-0.39, 0.29) is 0 Å². The summed E-state index contributed by atoms with van der Waals surface area (Å²) in [5.74, 6) is 5.57. The highest BCUT2D eigenvalue weighted by atomic mass is 16.6. The Balaban J connectivity index is 0.626. The molecule has 21 nitrogen and oxygen atoms in total. The number of aromatic nitrogens is 3. The Morgan fingerprint density at radius 3 is 0.885 bits per heavy atom. The molecule has 0 fully saturated rings. The third kappa shape index (κ3) is 36.0. The van der Waals surface area contributed by atoms with Crippen LogP contribution in [0.25, 0.3) is 0 Å². The summed E-state index contributed by atoms with van der Waals surface area (Å²) in [7, 11) is 0. The Kier molecular flexibility index (Phi) is 42.8. The molecule has 7 rings (SSSR count). The van der Waals surface area contributed by atoms with E-state index in [4.69, 9.17) is 75.8 Å². The van der Waals surface area contributed by atoms with Crippen molar-refractivity contribution in [2.24, 2.45) is 0 Å². The standard InChI is InChI=1S/C75H115N5O16/c1(5-9-13-21-33-76-62-65-29-31-72-74(60-65)95-58-50-87-42-40-83-46-54-91-70-27-19-17-25-68(70)89-52-44-81-36-38-85-48-56-93-72)2-7-11-15-23-35-80-64-67(78-79-80)24-16-12-8-4-3-6-10-14-22-34-77-63-66-30-32-73-75(61-66)96-59-51-88-43-41-84-47-55-92-71-28-20-18-26-69(71)90-53-45-82-37-39-86-49-57-94-73/h17-20,25-32,60-61,64,76-77H,1-16,21-24,33-59,62-63H2/p+2. The lowest BCUT2D eigenvalue weighted by atomic mass is 10.1. The van der Waals surface area contributed by atoms with Crippen molar-refractivity contribution in [2.45, 2.75) is 148 Å². The van der Waals surface area contributed by atoms with E-state index in [9.17, 15) is 0 Å². The molecule has 0 saturated heterocycles. The lowest BCUT2D eigenvalue weighted by Gasteiger charge is -2.15. The maximum Gasteiger partial charge on any atom is 0.161 e. The van der Waals surface area contributed by atoms with Gasteiger partial charge < -0.3 is 86.4 Å². The maximum atomic E-state index is 6.19. The maximum absolute atomic E-state index is 6.19. The first-order valence-electron chi connectivity index (χ1n) is 36.4. The highest BCUT2D eigenvalue weighted by Crippen LogP contribution is 2.31. The molecule has 2 aliphatic rings. The quantitative estimate of drug-likeness (QED) is 0.0426. The zero-order chi connectivity index (χ0) is 66.3. The topological polar surface area (TPSA) is 212 Å². The number of unbranched alkanes of at least 4 members (excludes halogenated alkanes) is 17. The fourth-order valence-corrected chi connectivity index (χ4v) is 11.1. The molecule has 536 valence electrons. The van der Waals surface area contributed by atoms with Gasteiger partial charge in [-0.15, -0.1) is 5.10 Å². The van der Waals surface area contributed by atoms with Gasteiger partial charge in [-0.3, -0.25) is 4.68 Å². The zero-order valence-electron chi connectivity index (χ0n) is 57.8. The second-order valence-corrected chi connectivity index (χ2v) is 24.1. The summed E-state index contributed by atoms with van der Waals surface area (Å²) in [4.78, 5) is 0. The molecule has 0 unspecified atom stereocenters. The molecule has 21 heteroatoms. The zero-order valence-corrected chi connectivity index (χ0v) is 57.8. The molecule has 4 N–H and O–H groups in total. The molecule has 0 amide bonds. The summed E-state index contributed by atoms with van der Waals surface area (Å²) in [6, 6.07) is 27.7. The van der Waals surface area contributed by atoms with E-state index in [1.807, 2.05) is 60.7 Å². The average Bonchev–Trinajstić information content (AvgIpc) is 1.33. The van der Waals surface area contributed by atoms with Crippen LogP contribution in [0.5, 0.6) is 46.0 Å². The number of nitrogens with two attached hydrogens (primary N) is 2. The van der Waals surface area contributed by atoms with Crippen LogP contribution in [0.3, 0.4) is 0 Å². The third-order valence-corrected chi connectivity index (χ3v) is 16.3. The van der Waals surface area contributed by atoms with E-state index in [0.29, 0.717) is 193 Å². The van der Waals surface area contributed by atoms with Crippen molar-refractivity contribution in [1.29, 1.82) is 0 Å². The van der Waals surface area contributed by atoms with Crippen molar-refractivity contribution in [1.82, 2.24) is 15.0 Å². The monoisotopic (exact) mass is 1340 g/mol. The summed E-state index contributed by atoms with van der Waals surface area (Å²) >= 11 is 0. The van der Waals surface area contributed by atoms with Gasteiger partial charge in [0.15, 0.2) is 46.0 Å². The second-order valence-electron chi connectivity index (χ2n) is 24.1. The van der Waals surface area contributed by atoms with Crippen LogP contribution in [0.4, 0.5) is 0 Å². The molecule has 0 radical (unpaired) electrons. The number of benzene rings is 4. The van der Waals surface area contributed by atoms with E-state index in [0.717, 1.165) is 56.3 Å². The number of hydrogen-bond donors (Lipinski definition) is 2. The Morgan fingerprint density at radius 1 is 0.281 bits per heavy atom. The Labute approximate surface area is 572 Å². The Morgan fingerprint density at radius 2 is 0.552 bits per heavy atom.